The molecule has 0 bridgehead atoms. The lowest BCUT2D eigenvalue weighted by molar-refractivity contribution is -0.115. The molecule has 4 aromatic rings. The van der Waals surface area contributed by atoms with Crippen LogP contribution in [0, 0.1) is 6.92 Å². The largest absolute Gasteiger partial charge is 0.488 e. The summed E-state index contributed by atoms with van der Waals surface area (Å²) >= 11 is 14.5. The van der Waals surface area contributed by atoms with Crippen LogP contribution in [0.15, 0.2) is 60.7 Å². The predicted octanol–water partition coefficient (Wildman–Crippen LogP) is 7.78. The van der Waals surface area contributed by atoms with Crippen molar-refractivity contribution in [2.75, 3.05) is 0 Å². The minimum absolute atomic E-state index is 0.00961. The number of rotatable bonds is 8. The van der Waals surface area contributed by atoms with E-state index in [1.54, 1.807) is 23.8 Å². The first kappa shape index (κ1) is 25.5. The van der Waals surface area contributed by atoms with E-state index < -0.39 is 0 Å². The summed E-state index contributed by atoms with van der Waals surface area (Å²) in [6.45, 7) is 3.43. The lowest BCUT2D eigenvalue weighted by Gasteiger charge is -2.10. The summed E-state index contributed by atoms with van der Waals surface area (Å²) < 4.78 is 7.75. The van der Waals surface area contributed by atoms with Gasteiger partial charge in [0.2, 0.25) is 0 Å². The fourth-order valence-corrected chi connectivity index (χ4v) is 5.88. The molecular formula is C29H24Cl2N2O3S. The Bertz CT molecular complexity index is 1520. The number of aryl methyl sites for hydroxylation is 1. The zero-order valence-corrected chi connectivity index (χ0v) is 22.7. The summed E-state index contributed by atoms with van der Waals surface area (Å²) in [4.78, 5) is 26.0. The number of hydrogen-bond acceptors (Lipinski definition) is 5. The topological polar surface area (TPSA) is 61.2 Å². The fourth-order valence-electron chi connectivity index (χ4n) is 4.38. The molecule has 0 aliphatic carbocycles. The highest BCUT2D eigenvalue weighted by molar-refractivity contribution is 7.17. The average Bonchev–Trinajstić information content (AvgIpc) is 3.60. The van der Waals surface area contributed by atoms with E-state index in [0.29, 0.717) is 35.2 Å². The van der Waals surface area contributed by atoms with Crippen LogP contribution >= 0.6 is 34.5 Å². The van der Waals surface area contributed by atoms with Crippen LogP contribution in [0.4, 0.5) is 0 Å². The molecule has 8 heteroatoms. The molecule has 2 aromatic carbocycles. The van der Waals surface area contributed by atoms with Gasteiger partial charge in [0, 0.05) is 28.8 Å². The van der Waals surface area contributed by atoms with E-state index in [1.807, 2.05) is 55.5 Å². The van der Waals surface area contributed by atoms with Crippen LogP contribution in [0.3, 0.4) is 0 Å². The van der Waals surface area contributed by atoms with E-state index in [0.717, 1.165) is 37.8 Å². The standard InChI is InChI=1S/C29H24Cl2N2O3S/c1-17-24(29(31)33(32-17)21-6-4-3-5-7-21)11-9-22(35)8-10-23-15-20-14-19(16-25(30)28(20)36-23)27-13-12-26(37-27)18(2)34/h3-7,9,11-14,16,23H,8,10,15H2,1-2H3/b11-9+. The number of ketones is 2. The summed E-state index contributed by atoms with van der Waals surface area (Å²) in [6.07, 6.45) is 4.77. The second kappa shape index (κ2) is 10.7. The maximum Gasteiger partial charge on any atom is 0.169 e. The third-order valence-corrected chi connectivity index (χ3v) is 8.17. The number of ether oxygens (including phenoxy) is 1. The monoisotopic (exact) mass is 550 g/mol. The van der Waals surface area contributed by atoms with Crippen molar-refractivity contribution in [1.82, 2.24) is 9.78 Å². The molecule has 2 aromatic heterocycles. The number of halogens is 2. The van der Waals surface area contributed by atoms with Gasteiger partial charge in [-0.05, 0) is 74.4 Å². The maximum atomic E-state index is 12.6. The summed E-state index contributed by atoms with van der Waals surface area (Å²) in [5, 5.41) is 5.52. The van der Waals surface area contributed by atoms with Crippen LogP contribution in [-0.2, 0) is 11.2 Å². The van der Waals surface area contributed by atoms with Crippen molar-refractivity contribution in [1.29, 1.82) is 0 Å². The number of hydrogen-bond donors (Lipinski definition) is 0. The van der Waals surface area contributed by atoms with Gasteiger partial charge < -0.3 is 4.74 Å². The first-order valence-corrected chi connectivity index (χ1v) is 13.5. The van der Waals surface area contributed by atoms with E-state index in [2.05, 4.69) is 11.2 Å². The van der Waals surface area contributed by atoms with Crippen molar-refractivity contribution in [3.05, 3.63) is 92.5 Å². The predicted molar refractivity (Wildman–Crippen MR) is 149 cm³/mol. The summed E-state index contributed by atoms with van der Waals surface area (Å²) in [5.41, 5.74) is 4.32. The lowest BCUT2D eigenvalue weighted by atomic mass is 10.0. The molecule has 37 heavy (non-hydrogen) atoms. The number of nitrogens with zero attached hydrogens (tertiary/aromatic N) is 2. The normalized spacial score (nSPS) is 14.6. The molecule has 0 amide bonds. The van der Waals surface area contributed by atoms with Gasteiger partial charge in [0.1, 0.15) is 17.0 Å². The summed E-state index contributed by atoms with van der Waals surface area (Å²) in [6, 6.07) is 17.3. The van der Waals surface area contributed by atoms with Gasteiger partial charge in [-0.3, -0.25) is 9.59 Å². The number of allylic oxidation sites excluding steroid dienone is 1. The van der Waals surface area contributed by atoms with Crippen molar-refractivity contribution >= 4 is 52.2 Å². The fraction of sp³-hybridized carbons (Fsp3) is 0.207. The molecule has 0 saturated carbocycles. The Morgan fingerprint density at radius 3 is 2.68 bits per heavy atom. The number of thiophene rings is 1. The molecule has 0 fully saturated rings. The maximum absolute atomic E-state index is 12.6. The highest BCUT2D eigenvalue weighted by Crippen LogP contribution is 2.41. The molecule has 0 radical (unpaired) electrons. The first-order chi connectivity index (χ1) is 17.8. The Labute approximate surface area is 229 Å². The van der Waals surface area contributed by atoms with Gasteiger partial charge in [0.15, 0.2) is 11.6 Å². The minimum Gasteiger partial charge on any atom is -0.488 e. The Balaban J connectivity index is 1.22. The van der Waals surface area contributed by atoms with Crippen molar-refractivity contribution in [3.8, 4) is 21.9 Å². The zero-order valence-electron chi connectivity index (χ0n) is 20.3. The van der Waals surface area contributed by atoms with Gasteiger partial charge in [-0.25, -0.2) is 4.68 Å². The van der Waals surface area contributed by atoms with Crippen LogP contribution in [0.25, 0.3) is 22.2 Å². The van der Waals surface area contributed by atoms with Crippen molar-refractivity contribution in [2.45, 2.75) is 39.2 Å². The third-order valence-electron chi connectivity index (χ3n) is 6.29. The van der Waals surface area contributed by atoms with E-state index >= 15 is 0 Å². The number of para-hydroxylation sites is 1. The number of Topliss-reactive ketones (excluding diaryl/α,β-unsaturated/α-hetero) is 1. The van der Waals surface area contributed by atoms with Gasteiger partial charge in [0.05, 0.1) is 21.3 Å². The molecule has 0 saturated heterocycles. The van der Waals surface area contributed by atoms with Crippen molar-refractivity contribution in [2.24, 2.45) is 0 Å². The molecule has 188 valence electrons. The molecule has 0 spiro atoms. The second-order valence-electron chi connectivity index (χ2n) is 8.99. The van der Waals surface area contributed by atoms with Gasteiger partial charge >= 0.3 is 0 Å². The third kappa shape index (κ3) is 5.42. The Morgan fingerprint density at radius 1 is 1.16 bits per heavy atom. The number of fused-ring (bicyclic) bond motifs is 1. The molecule has 1 aliphatic heterocycles. The van der Waals surface area contributed by atoms with E-state index in [1.165, 1.54) is 11.3 Å². The average molecular weight is 551 g/mol. The number of carbonyl (C=O) groups excluding carboxylic acids is 2. The van der Waals surface area contributed by atoms with Crippen LogP contribution in [0.2, 0.25) is 10.2 Å². The molecule has 5 rings (SSSR count). The van der Waals surface area contributed by atoms with Crippen LogP contribution < -0.4 is 4.74 Å². The Morgan fingerprint density at radius 2 is 1.95 bits per heavy atom. The summed E-state index contributed by atoms with van der Waals surface area (Å²) in [5.74, 6) is 0.718. The van der Waals surface area contributed by atoms with E-state index in [-0.39, 0.29) is 17.7 Å². The van der Waals surface area contributed by atoms with Gasteiger partial charge in [-0.15, -0.1) is 11.3 Å². The van der Waals surface area contributed by atoms with E-state index in [9.17, 15) is 9.59 Å². The number of carbonyl (C=O) groups is 2. The highest BCUT2D eigenvalue weighted by atomic mass is 35.5. The number of benzene rings is 2. The number of aromatic nitrogens is 2. The van der Waals surface area contributed by atoms with Crippen LogP contribution in [0.1, 0.15) is 46.3 Å². The Kier molecular flexibility index (Phi) is 7.33. The zero-order chi connectivity index (χ0) is 26.1. The smallest absolute Gasteiger partial charge is 0.169 e. The van der Waals surface area contributed by atoms with Gasteiger partial charge in [0.25, 0.3) is 0 Å². The van der Waals surface area contributed by atoms with Gasteiger partial charge in [-0.2, -0.15) is 5.10 Å². The van der Waals surface area contributed by atoms with Crippen molar-refractivity contribution < 1.29 is 14.3 Å². The van der Waals surface area contributed by atoms with Crippen LogP contribution in [0.5, 0.6) is 5.75 Å². The molecule has 0 N–H and O–H groups in total. The Hall–Kier alpha value is -3.19. The highest BCUT2D eigenvalue weighted by Gasteiger charge is 2.26. The van der Waals surface area contributed by atoms with Crippen LogP contribution in [-0.4, -0.2) is 27.5 Å². The molecule has 1 aliphatic rings. The van der Waals surface area contributed by atoms with Gasteiger partial charge in [-0.1, -0.05) is 41.4 Å². The molecule has 5 nitrogen and oxygen atoms in total. The first-order valence-electron chi connectivity index (χ1n) is 11.9. The molecule has 1 unspecified atom stereocenters. The summed E-state index contributed by atoms with van der Waals surface area (Å²) in [7, 11) is 0. The second-order valence-corrected chi connectivity index (χ2v) is 10.8. The molecule has 3 heterocycles. The molecular weight excluding hydrogens is 527 g/mol. The van der Waals surface area contributed by atoms with Crippen molar-refractivity contribution in [3.63, 3.8) is 0 Å². The minimum atomic E-state index is -0.123. The van der Waals surface area contributed by atoms with E-state index in [4.69, 9.17) is 27.9 Å². The quantitative estimate of drug-likeness (QED) is 0.166. The molecule has 1 atom stereocenters. The SMILES string of the molecule is CC(=O)c1ccc(-c2cc(Cl)c3c(c2)CC(CCC(=O)/C=C/c2c(C)nn(-c4ccccc4)c2Cl)O3)s1. The lowest BCUT2D eigenvalue weighted by Crippen LogP contribution is -2.14.